The number of hydrogen-bond acceptors (Lipinski definition) is 2. The molecule has 3 aliphatic rings. The summed E-state index contributed by atoms with van der Waals surface area (Å²) in [6, 6.07) is 0.499. The standard InChI is InChI=1S/C17H31N3O/c1-13(8-14-6-4-3-5-7-14)18-17(21)20-11-15-9-19(2)10-16(15)12-20/h13-16H,3-12H2,1-2H3,(H,18,21)/t13-,15-,16+/m1/s1. The number of urea groups is 1. The molecule has 4 nitrogen and oxygen atoms in total. The van der Waals surface area contributed by atoms with E-state index in [9.17, 15) is 4.79 Å². The van der Waals surface area contributed by atoms with E-state index in [4.69, 9.17) is 0 Å². The maximum atomic E-state index is 12.4. The van der Waals surface area contributed by atoms with Crippen molar-refractivity contribution in [1.29, 1.82) is 0 Å². The third kappa shape index (κ3) is 3.71. The number of likely N-dealkylation sites (tertiary alicyclic amines) is 2. The molecular formula is C17H31N3O. The van der Waals surface area contributed by atoms with E-state index in [1.165, 1.54) is 32.1 Å². The van der Waals surface area contributed by atoms with Crippen molar-refractivity contribution in [1.82, 2.24) is 15.1 Å². The van der Waals surface area contributed by atoms with Crippen molar-refractivity contribution in [2.75, 3.05) is 33.2 Å². The first-order chi connectivity index (χ1) is 10.1. The van der Waals surface area contributed by atoms with Crippen LogP contribution in [0.4, 0.5) is 4.79 Å². The van der Waals surface area contributed by atoms with Gasteiger partial charge in [0.1, 0.15) is 0 Å². The van der Waals surface area contributed by atoms with Crippen LogP contribution < -0.4 is 5.32 Å². The average Bonchev–Trinajstić information content (AvgIpc) is 2.96. The molecule has 1 saturated carbocycles. The highest BCUT2D eigenvalue weighted by Crippen LogP contribution is 2.30. The molecule has 120 valence electrons. The summed E-state index contributed by atoms with van der Waals surface area (Å²) in [5.74, 6) is 2.24. The molecule has 0 aromatic rings. The second kappa shape index (κ2) is 6.55. The van der Waals surface area contributed by atoms with Crippen molar-refractivity contribution < 1.29 is 4.79 Å². The molecule has 2 heterocycles. The second-order valence-electron chi connectivity index (χ2n) is 7.74. The highest BCUT2D eigenvalue weighted by molar-refractivity contribution is 5.74. The van der Waals surface area contributed by atoms with Crippen LogP contribution in [-0.2, 0) is 0 Å². The number of nitrogens with one attached hydrogen (secondary N) is 1. The van der Waals surface area contributed by atoms with Crippen molar-refractivity contribution in [3.8, 4) is 0 Å². The summed E-state index contributed by atoms with van der Waals surface area (Å²) in [6.07, 6.45) is 8.06. The molecule has 4 heteroatoms. The molecule has 0 aromatic carbocycles. The predicted octanol–water partition coefficient (Wildman–Crippen LogP) is 2.55. The van der Waals surface area contributed by atoms with E-state index in [1.54, 1.807) is 0 Å². The average molecular weight is 293 g/mol. The van der Waals surface area contributed by atoms with E-state index in [0.717, 1.165) is 38.5 Å². The quantitative estimate of drug-likeness (QED) is 0.868. The summed E-state index contributed by atoms with van der Waals surface area (Å²) in [5.41, 5.74) is 0. The highest BCUT2D eigenvalue weighted by atomic mass is 16.2. The van der Waals surface area contributed by atoms with Crippen molar-refractivity contribution in [2.24, 2.45) is 17.8 Å². The second-order valence-corrected chi connectivity index (χ2v) is 7.74. The Balaban J connectivity index is 1.42. The Hall–Kier alpha value is -0.770. The maximum absolute atomic E-state index is 12.4. The minimum atomic E-state index is 0.176. The molecule has 1 aliphatic carbocycles. The number of carbonyl (C=O) groups excluding carboxylic acids is 1. The topological polar surface area (TPSA) is 35.6 Å². The van der Waals surface area contributed by atoms with Crippen LogP contribution >= 0.6 is 0 Å². The lowest BCUT2D eigenvalue weighted by atomic mass is 9.85. The zero-order chi connectivity index (χ0) is 14.8. The maximum Gasteiger partial charge on any atom is 0.317 e. The van der Waals surface area contributed by atoms with Gasteiger partial charge in [-0.15, -0.1) is 0 Å². The Bertz CT molecular complexity index is 353. The minimum absolute atomic E-state index is 0.176. The van der Waals surface area contributed by atoms with Crippen LogP contribution in [-0.4, -0.2) is 55.1 Å². The summed E-state index contributed by atoms with van der Waals surface area (Å²) in [7, 11) is 2.19. The van der Waals surface area contributed by atoms with Crippen molar-refractivity contribution in [3.63, 3.8) is 0 Å². The molecule has 0 spiro atoms. The van der Waals surface area contributed by atoms with Crippen molar-refractivity contribution >= 4 is 6.03 Å². The highest BCUT2D eigenvalue weighted by Gasteiger charge is 2.40. The summed E-state index contributed by atoms with van der Waals surface area (Å²) in [5, 5.41) is 3.24. The van der Waals surface area contributed by atoms with Crippen molar-refractivity contribution in [3.05, 3.63) is 0 Å². The Labute approximate surface area is 129 Å². The number of carbonyl (C=O) groups is 1. The van der Waals surface area contributed by atoms with Gasteiger partial charge in [-0.05, 0) is 38.1 Å². The van der Waals surface area contributed by atoms with Crippen LogP contribution in [0.3, 0.4) is 0 Å². The van der Waals surface area contributed by atoms with Crippen LogP contribution in [0.15, 0.2) is 0 Å². The van der Waals surface area contributed by atoms with E-state index in [-0.39, 0.29) is 6.03 Å². The first-order valence-electron chi connectivity index (χ1n) is 8.86. The van der Waals surface area contributed by atoms with E-state index in [0.29, 0.717) is 17.9 Å². The Morgan fingerprint density at radius 3 is 2.33 bits per heavy atom. The summed E-state index contributed by atoms with van der Waals surface area (Å²) in [4.78, 5) is 16.9. The lowest BCUT2D eigenvalue weighted by Crippen LogP contribution is -2.44. The fraction of sp³-hybridized carbons (Fsp3) is 0.941. The third-order valence-corrected chi connectivity index (χ3v) is 5.74. The van der Waals surface area contributed by atoms with Crippen molar-refractivity contribution in [2.45, 2.75) is 51.5 Å². The molecule has 1 N–H and O–H groups in total. The fourth-order valence-corrected chi connectivity index (χ4v) is 4.68. The minimum Gasteiger partial charge on any atom is -0.336 e. The number of fused-ring (bicyclic) bond motifs is 1. The van der Waals surface area contributed by atoms with Gasteiger partial charge in [-0.3, -0.25) is 0 Å². The molecule has 2 amide bonds. The molecule has 3 rings (SSSR count). The lowest BCUT2D eigenvalue weighted by molar-refractivity contribution is 0.195. The van der Waals surface area contributed by atoms with Crippen LogP contribution in [0.5, 0.6) is 0 Å². The third-order valence-electron chi connectivity index (χ3n) is 5.74. The van der Waals surface area contributed by atoms with Gasteiger partial charge in [-0.2, -0.15) is 0 Å². The number of rotatable bonds is 3. The zero-order valence-electron chi connectivity index (χ0n) is 13.7. The van der Waals surface area contributed by atoms with Gasteiger partial charge in [0.05, 0.1) is 0 Å². The van der Waals surface area contributed by atoms with Crippen LogP contribution in [0, 0.1) is 17.8 Å². The summed E-state index contributed by atoms with van der Waals surface area (Å²) >= 11 is 0. The largest absolute Gasteiger partial charge is 0.336 e. The SMILES string of the molecule is C[C@H](CC1CCCCC1)NC(=O)N1C[C@H]2CN(C)C[C@H]2C1. The smallest absolute Gasteiger partial charge is 0.317 e. The molecule has 3 fully saturated rings. The van der Waals surface area contributed by atoms with E-state index < -0.39 is 0 Å². The Morgan fingerprint density at radius 2 is 1.71 bits per heavy atom. The molecule has 3 atom stereocenters. The Kier molecular flexibility index (Phi) is 4.72. The van der Waals surface area contributed by atoms with Gasteiger partial charge in [0.15, 0.2) is 0 Å². The number of hydrogen-bond donors (Lipinski definition) is 1. The normalized spacial score (nSPS) is 32.2. The van der Waals surface area contributed by atoms with Gasteiger partial charge in [0.25, 0.3) is 0 Å². The first kappa shape index (κ1) is 15.1. The van der Waals surface area contributed by atoms with Gasteiger partial charge in [-0.1, -0.05) is 32.1 Å². The molecule has 0 radical (unpaired) electrons. The zero-order valence-corrected chi connectivity index (χ0v) is 13.7. The summed E-state index contributed by atoms with van der Waals surface area (Å²) in [6.45, 7) is 6.41. The van der Waals surface area contributed by atoms with Gasteiger partial charge in [-0.25, -0.2) is 4.79 Å². The number of nitrogens with zero attached hydrogens (tertiary/aromatic N) is 2. The molecule has 21 heavy (non-hydrogen) atoms. The lowest BCUT2D eigenvalue weighted by Gasteiger charge is -2.27. The molecule has 0 bridgehead atoms. The summed E-state index contributed by atoms with van der Waals surface area (Å²) < 4.78 is 0. The van der Waals surface area contributed by atoms with Crippen LogP contribution in [0.25, 0.3) is 0 Å². The van der Waals surface area contributed by atoms with E-state index in [1.807, 2.05) is 0 Å². The van der Waals surface area contributed by atoms with Gasteiger partial charge < -0.3 is 15.1 Å². The fourth-order valence-electron chi connectivity index (χ4n) is 4.68. The van der Waals surface area contributed by atoms with Gasteiger partial charge >= 0.3 is 6.03 Å². The Morgan fingerprint density at radius 1 is 1.10 bits per heavy atom. The number of amides is 2. The van der Waals surface area contributed by atoms with E-state index >= 15 is 0 Å². The van der Waals surface area contributed by atoms with E-state index in [2.05, 4.69) is 29.1 Å². The predicted molar refractivity (Wildman–Crippen MR) is 85.2 cm³/mol. The molecular weight excluding hydrogens is 262 g/mol. The van der Waals surface area contributed by atoms with Crippen LogP contribution in [0.1, 0.15) is 45.4 Å². The van der Waals surface area contributed by atoms with Gasteiger partial charge in [0, 0.05) is 32.2 Å². The van der Waals surface area contributed by atoms with Gasteiger partial charge in [0.2, 0.25) is 0 Å². The first-order valence-corrected chi connectivity index (χ1v) is 8.86. The molecule has 2 saturated heterocycles. The molecule has 0 unspecified atom stereocenters. The molecule has 2 aliphatic heterocycles. The monoisotopic (exact) mass is 293 g/mol. The molecule has 0 aromatic heterocycles. The van der Waals surface area contributed by atoms with Crippen LogP contribution in [0.2, 0.25) is 0 Å².